The molecule has 2 fully saturated rings. The fraction of sp³-hybridized carbons (Fsp3) is 1.00. The monoisotopic (exact) mass is 238 g/mol. The quantitative estimate of drug-likeness (QED) is 0.810. The fourth-order valence-corrected chi connectivity index (χ4v) is 3.61. The minimum absolute atomic E-state index is 0.803. The van der Waals surface area contributed by atoms with Gasteiger partial charge in [-0.3, -0.25) is 0 Å². The number of hydrogen-bond acceptors (Lipinski definition) is 2. The molecule has 0 spiro atoms. The van der Waals surface area contributed by atoms with Crippen LogP contribution in [0.4, 0.5) is 0 Å². The van der Waals surface area contributed by atoms with Crippen LogP contribution in [-0.4, -0.2) is 37.1 Å². The molecule has 100 valence electrons. The van der Waals surface area contributed by atoms with Gasteiger partial charge in [0.2, 0.25) is 0 Å². The van der Waals surface area contributed by atoms with Crippen molar-refractivity contribution in [3.8, 4) is 0 Å². The van der Waals surface area contributed by atoms with Gasteiger partial charge in [-0.15, -0.1) is 0 Å². The number of nitrogens with one attached hydrogen (secondary N) is 1. The molecule has 2 rings (SSSR count). The second kappa shape index (κ2) is 7.38. The van der Waals surface area contributed by atoms with Crippen molar-refractivity contribution in [1.82, 2.24) is 10.2 Å². The van der Waals surface area contributed by atoms with Crippen LogP contribution in [0, 0.1) is 5.92 Å². The number of likely N-dealkylation sites (tertiary alicyclic amines) is 1. The van der Waals surface area contributed by atoms with Crippen molar-refractivity contribution in [3.05, 3.63) is 0 Å². The molecular formula is C15H30N2. The first-order chi connectivity index (χ1) is 8.40. The summed E-state index contributed by atoms with van der Waals surface area (Å²) in [5.41, 5.74) is 0. The van der Waals surface area contributed by atoms with E-state index in [2.05, 4.69) is 17.1 Å². The van der Waals surface area contributed by atoms with E-state index in [0.717, 1.165) is 18.5 Å². The Balaban J connectivity index is 1.81. The zero-order chi connectivity index (χ0) is 11.9. The molecular weight excluding hydrogens is 208 g/mol. The van der Waals surface area contributed by atoms with Gasteiger partial charge in [-0.2, -0.15) is 0 Å². The first-order valence-electron chi connectivity index (χ1n) is 7.86. The number of hydrogen-bond donors (Lipinski definition) is 1. The predicted octanol–water partition coefficient (Wildman–Crippen LogP) is 3.03. The molecule has 1 N–H and O–H groups in total. The van der Waals surface area contributed by atoms with Crippen LogP contribution >= 0.6 is 0 Å². The number of rotatable bonds is 4. The lowest BCUT2D eigenvalue weighted by molar-refractivity contribution is 0.172. The highest BCUT2D eigenvalue weighted by atomic mass is 15.1. The van der Waals surface area contributed by atoms with Gasteiger partial charge in [0, 0.05) is 12.6 Å². The Morgan fingerprint density at radius 3 is 2.35 bits per heavy atom. The summed E-state index contributed by atoms with van der Waals surface area (Å²) in [6, 6.07) is 0.803. The van der Waals surface area contributed by atoms with E-state index in [1.54, 1.807) is 0 Å². The highest BCUT2D eigenvalue weighted by Crippen LogP contribution is 2.26. The van der Waals surface area contributed by atoms with Crippen LogP contribution in [0.1, 0.15) is 58.3 Å². The van der Waals surface area contributed by atoms with Crippen molar-refractivity contribution < 1.29 is 0 Å². The molecule has 0 aromatic rings. The molecule has 1 aliphatic heterocycles. The van der Waals surface area contributed by atoms with E-state index >= 15 is 0 Å². The lowest BCUT2D eigenvalue weighted by Gasteiger charge is -2.35. The zero-order valence-electron chi connectivity index (χ0n) is 11.6. The van der Waals surface area contributed by atoms with Crippen molar-refractivity contribution in [1.29, 1.82) is 0 Å². The van der Waals surface area contributed by atoms with Crippen LogP contribution < -0.4 is 5.32 Å². The van der Waals surface area contributed by atoms with E-state index in [1.807, 2.05) is 0 Å². The van der Waals surface area contributed by atoms with Crippen molar-refractivity contribution >= 4 is 0 Å². The molecule has 2 unspecified atom stereocenters. The van der Waals surface area contributed by atoms with Crippen LogP contribution in [0.15, 0.2) is 0 Å². The van der Waals surface area contributed by atoms with E-state index in [0.29, 0.717) is 0 Å². The highest BCUT2D eigenvalue weighted by Gasteiger charge is 2.26. The molecule has 1 heterocycles. The number of nitrogens with zero attached hydrogens (tertiary/aromatic N) is 1. The van der Waals surface area contributed by atoms with Gasteiger partial charge in [-0.05, 0) is 51.2 Å². The third kappa shape index (κ3) is 4.26. The Bertz CT molecular complexity index is 195. The van der Waals surface area contributed by atoms with Crippen LogP contribution in [-0.2, 0) is 0 Å². The van der Waals surface area contributed by atoms with E-state index in [-0.39, 0.29) is 0 Å². The van der Waals surface area contributed by atoms with Crippen molar-refractivity contribution in [2.24, 2.45) is 5.92 Å². The molecule has 17 heavy (non-hydrogen) atoms. The largest absolute Gasteiger partial charge is 0.314 e. The Hall–Kier alpha value is -0.0800. The van der Waals surface area contributed by atoms with Gasteiger partial charge in [-0.1, -0.05) is 32.6 Å². The minimum atomic E-state index is 0.803. The summed E-state index contributed by atoms with van der Waals surface area (Å²) in [4.78, 5) is 2.74. The molecule has 2 heteroatoms. The van der Waals surface area contributed by atoms with Crippen LogP contribution in [0.2, 0.25) is 0 Å². The van der Waals surface area contributed by atoms with Gasteiger partial charge < -0.3 is 10.2 Å². The molecule has 1 saturated heterocycles. The minimum Gasteiger partial charge on any atom is -0.314 e. The summed E-state index contributed by atoms with van der Waals surface area (Å²) in [7, 11) is 0. The summed E-state index contributed by atoms with van der Waals surface area (Å²) in [5.74, 6) is 0.918. The van der Waals surface area contributed by atoms with E-state index < -0.39 is 0 Å². The van der Waals surface area contributed by atoms with Gasteiger partial charge in [0.1, 0.15) is 0 Å². The fourth-order valence-electron chi connectivity index (χ4n) is 3.61. The van der Waals surface area contributed by atoms with Crippen LogP contribution in [0.3, 0.4) is 0 Å². The van der Waals surface area contributed by atoms with Gasteiger partial charge in [-0.25, -0.2) is 0 Å². The second-order valence-corrected chi connectivity index (χ2v) is 5.92. The van der Waals surface area contributed by atoms with E-state index in [9.17, 15) is 0 Å². The molecule has 1 saturated carbocycles. The maximum atomic E-state index is 3.71. The molecule has 0 radical (unpaired) electrons. The Labute approximate surface area is 107 Å². The molecule has 0 amide bonds. The van der Waals surface area contributed by atoms with E-state index in [1.165, 1.54) is 71.0 Å². The molecule has 2 aliphatic rings. The second-order valence-electron chi connectivity index (χ2n) is 5.92. The highest BCUT2D eigenvalue weighted by molar-refractivity contribution is 4.83. The third-order valence-electron chi connectivity index (χ3n) is 4.57. The first-order valence-corrected chi connectivity index (χ1v) is 7.86. The van der Waals surface area contributed by atoms with E-state index in [4.69, 9.17) is 0 Å². The normalized spacial score (nSPS) is 32.3. The standard InChI is InChI=1S/C15H30N2/c1-2-16-15-10-6-5-9-14(15)13-17-11-7-3-4-8-12-17/h14-16H,2-13H2,1H3. The maximum Gasteiger partial charge on any atom is 0.0107 e. The summed E-state index contributed by atoms with van der Waals surface area (Å²) >= 11 is 0. The topological polar surface area (TPSA) is 15.3 Å². The summed E-state index contributed by atoms with van der Waals surface area (Å²) in [5, 5.41) is 3.71. The zero-order valence-corrected chi connectivity index (χ0v) is 11.6. The molecule has 2 atom stereocenters. The van der Waals surface area contributed by atoms with Gasteiger partial charge in [0.05, 0.1) is 0 Å². The molecule has 0 aromatic heterocycles. The third-order valence-corrected chi connectivity index (χ3v) is 4.57. The van der Waals surface area contributed by atoms with Gasteiger partial charge in [0.15, 0.2) is 0 Å². The van der Waals surface area contributed by atoms with Gasteiger partial charge in [0.25, 0.3) is 0 Å². The average molecular weight is 238 g/mol. The van der Waals surface area contributed by atoms with Crippen molar-refractivity contribution in [2.75, 3.05) is 26.2 Å². The molecule has 0 bridgehead atoms. The Morgan fingerprint density at radius 2 is 1.65 bits per heavy atom. The molecule has 0 aromatic carbocycles. The van der Waals surface area contributed by atoms with Crippen molar-refractivity contribution in [2.45, 2.75) is 64.3 Å². The summed E-state index contributed by atoms with van der Waals surface area (Å²) in [6.45, 7) is 7.46. The predicted molar refractivity (Wildman–Crippen MR) is 74.3 cm³/mol. The average Bonchev–Trinajstić information content (AvgIpc) is 2.61. The first kappa shape index (κ1) is 13.4. The Morgan fingerprint density at radius 1 is 0.941 bits per heavy atom. The van der Waals surface area contributed by atoms with Crippen molar-refractivity contribution in [3.63, 3.8) is 0 Å². The lowest BCUT2D eigenvalue weighted by Crippen LogP contribution is -2.44. The maximum absolute atomic E-state index is 3.71. The Kier molecular flexibility index (Phi) is 5.79. The molecule has 1 aliphatic carbocycles. The molecule has 2 nitrogen and oxygen atoms in total. The SMILES string of the molecule is CCNC1CCCCC1CN1CCCCCC1. The van der Waals surface area contributed by atoms with Crippen LogP contribution in [0.25, 0.3) is 0 Å². The van der Waals surface area contributed by atoms with Gasteiger partial charge >= 0.3 is 0 Å². The lowest BCUT2D eigenvalue weighted by atomic mass is 9.84. The van der Waals surface area contributed by atoms with Crippen LogP contribution in [0.5, 0.6) is 0 Å². The summed E-state index contributed by atoms with van der Waals surface area (Å²) in [6.07, 6.45) is 11.5. The summed E-state index contributed by atoms with van der Waals surface area (Å²) < 4.78 is 0. The smallest absolute Gasteiger partial charge is 0.0107 e.